The van der Waals surface area contributed by atoms with Gasteiger partial charge in [0.15, 0.2) is 5.84 Å². The molecule has 1 aliphatic carbocycles. The summed E-state index contributed by atoms with van der Waals surface area (Å²) in [6.07, 6.45) is 1.33. The number of benzene rings is 1. The molecule has 6 nitrogen and oxygen atoms in total. The van der Waals surface area contributed by atoms with E-state index in [0.29, 0.717) is 0 Å². The number of hydrogen-bond acceptors (Lipinski definition) is 4. The third-order valence-electron chi connectivity index (χ3n) is 3.33. The lowest BCUT2D eigenvalue weighted by Crippen LogP contribution is -2.45. The number of oxime groups is 1. The number of amides is 1. The van der Waals surface area contributed by atoms with Crippen LogP contribution < -0.4 is 5.73 Å². The fraction of sp³-hybridized carbons (Fsp3) is 0.500. The Labute approximate surface area is 130 Å². The molecule has 1 atom stereocenters. The van der Waals surface area contributed by atoms with Crippen LogP contribution >= 0.6 is 0 Å². The van der Waals surface area contributed by atoms with Gasteiger partial charge in [0, 0.05) is 6.04 Å². The van der Waals surface area contributed by atoms with Crippen molar-refractivity contribution < 1.29 is 14.7 Å². The van der Waals surface area contributed by atoms with Crippen molar-refractivity contribution in [2.24, 2.45) is 10.9 Å². The van der Waals surface area contributed by atoms with Crippen molar-refractivity contribution in [2.45, 2.75) is 51.3 Å². The molecule has 1 fully saturated rings. The third kappa shape index (κ3) is 3.90. The maximum Gasteiger partial charge on any atom is 0.411 e. The van der Waals surface area contributed by atoms with Crippen molar-refractivity contribution in [1.82, 2.24) is 4.90 Å². The monoisotopic (exact) mass is 305 g/mol. The SMILES string of the molecule is CC(C)(C)OC(=O)N(C1CC1)[C@H](C(N)=NO)c1ccccc1. The highest BCUT2D eigenvalue weighted by Gasteiger charge is 2.42. The van der Waals surface area contributed by atoms with Gasteiger partial charge < -0.3 is 15.7 Å². The minimum atomic E-state index is -0.631. The first-order valence-electron chi connectivity index (χ1n) is 7.37. The first-order chi connectivity index (χ1) is 10.3. The van der Waals surface area contributed by atoms with E-state index in [9.17, 15) is 4.79 Å². The van der Waals surface area contributed by atoms with E-state index in [4.69, 9.17) is 15.7 Å². The Balaban J connectivity index is 2.36. The third-order valence-corrected chi connectivity index (χ3v) is 3.33. The molecule has 3 N–H and O–H groups in total. The van der Waals surface area contributed by atoms with Crippen molar-refractivity contribution in [2.75, 3.05) is 0 Å². The van der Waals surface area contributed by atoms with E-state index in [1.54, 1.807) is 4.90 Å². The molecule has 0 aromatic heterocycles. The van der Waals surface area contributed by atoms with Gasteiger partial charge in [-0.1, -0.05) is 35.5 Å². The lowest BCUT2D eigenvalue weighted by Gasteiger charge is -2.33. The highest BCUT2D eigenvalue weighted by molar-refractivity contribution is 5.90. The molecule has 0 bridgehead atoms. The number of rotatable bonds is 4. The van der Waals surface area contributed by atoms with E-state index < -0.39 is 17.7 Å². The number of hydrogen-bond donors (Lipinski definition) is 2. The summed E-state index contributed by atoms with van der Waals surface area (Å²) in [6, 6.07) is 8.71. The van der Waals surface area contributed by atoms with Crippen LogP contribution in [0, 0.1) is 0 Å². The molecule has 22 heavy (non-hydrogen) atoms. The van der Waals surface area contributed by atoms with E-state index in [1.807, 2.05) is 51.1 Å². The standard InChI is InChI=1S/C16H23N3O3/c1-16(2,3)22-15(20)19(12-9-10-12)13(14(17)18-21)11-7-5-4-6-8-11/h4-8,12-13,21H,9-10H2,1-3H3,(H2,17,18)/t13-/m0/s1. The number of nitrogens with two attached hydrogens (primary N) is 1. The highest BCUT2D eigenvalue weighted by Crippen LogP contribution is 2.36. The summed E-state index contributed by atoms with van der Waals surface area (Å²) in [4.78, 5) is 14.2. The number of carbonyl (C=O) groups excluding carboxylic acids is 1. The van der Waals surface area contributed by atoms with Gasteiger partial charge in [0.2, 0.25) is 0 Å². The molecule has 1 aliphatic rings. The molecule has 120 valence electrons. The van der Waals surface area contributed by atoms with Crippen LogP contribution in [0.2, 0.25) is 0 Å². The largest absolute Gasteiger partial charge is 0.444 e. The Bertz CT molecular complexity index is 548. The molecule has 0 unspecified atom stereocenters. The number of amidine groups is 1. The minimum Gasteiger partial charge on any atom is -0.444 e. The first-order valence-corrected chi connectivity index (χ1v) is 7.37. The second-order valence-corrected chi connectivity index (χ2v) is 6.46. The van der Waals surface area contributed by atoms with E-state index in [0.717, 1.165) is 18.4 Å². The minimum absolute atomic E-state index is 0.0241. The van der Waals surface area contributed by atoms with Gasteiger partial charge in [0.1, 0.15) is 11.6 Å². The molecule has 0 saturated heterocycles. The van der Waals surface area contributed by atoms with Gasteiger partial charge in [-0.15, -0.1) is 0 Å². The second kappa shape index (κ2) is 6.25. The molecule has 0 spiro atoms. The number of nitrogens with zero attached hydrogens (tertiary/aromatic N) is 2. The Hall–Kier alpha value is -2.24. The summed E-state index contributed by atoms with van der Waals surface area (Å²) in [5.74, 6) is -0.0241. The van der Waals surface area contributed by atoms with Crippen molar-refractivity contribution in [1.29, 1.82) is 0 Å². The molecule has 2 rings (SSSR count). The van der Waals surface area contributed by atoms with Crippen molar-refractivity contribution in [3.8, 4) is 0 Å². The molecular formula is C16H23N3O3. The predicted octanol–water partition coefficient (Wildman–Crippen LogP) is 2.87. The van der Waals surface area contributed by atoms with Gasteiger partial charge in [0.05, 0.1) is 0 Å². The average Bonchev–Trinajstić information content (AvgIpc) is 3.27. The zero-order valence-electron chi connectivity index (χ0n) is 13.2. The molecule has 1 aromatic rings. The number of ether oxygens (including phenoxy) is 1. The Morgan fingerprint density at radius 3 is 2.41 bits per heavy atom. The Morgan fingerprint density at radius 1 is 1.36 bits per heavy atom. The molecule has 6 heteroatoms. The van der Waals surface area contributed by atoms with Crippen LogP contribution in [0.15, 0.2) is 35.5 Å². The smallest absolute Gasteiger partial charge is 0.411 e. The summed E-state index contributed by atoms with van der Waals surface area (Å²) in [5, 5.41) is 12.2. The lowest BCUT2D eigenvalue weighted by atomic mass is 10.0. The molecule has 0 aliphatic heterocycles. The maximum absolute atomic E-state index is 12.6. The predicted molar refractivity (Wildman–Crippen MR) is 83.7 cm³/mol. The van der Waals surface area contributed by atoms with Gasteiger partial charge in [-0.3, -0.25) is 4.90 Å². The van der Waals surface area contributed by atoms with Crippen molar-refractivity contribution in [3.05, 3.63) is 35.9 Å². The van der Waals surface area contributed by atoms with Crippen LogP contribution in [0.1, 0.15) is 45.2 Å². The molecular weight excluding hydrogens is 282 g/mol. The van der Waals surface area contributed by atoms with Crippen molar-refractivity contribution in [3.63, 3.8) is 0 Å². The molecule has 1 amide bonds. The zero-order chi connectivity index (χ0) is 16.3. The summed E-state index contributed by atoms with van der Waals surface area (Å²) in [5.41, 5.74) is 6.05. The summed E-state index contributed by atoms with van der Waals surface area (Å²) in [7, 11) is 0. The average molecular weight is 305 g/mol. The van der Waals surface area contributed by atoms with Crippen LogP contribution in [0.4, 0.5) is 4.79 Å². The van der Waals surface area contributed by atoms with E-state index in [-0.39, 0.29) is 11.9 Å². The highest BCUT2D eigenvalue weighted by atomic mass is 16.6. The molecule has 0 heterocycles. The van der Waals surface area contributed by atoms with E-state index in [1.165, 1.54) is 0 Å². The normalized spacial score (nSPS) is 17.0. The van der Waals surface area contributed by atoms with Gasteiger partial charge in [-0.05, 0) is 39.2 Å². The second-order valence-electron chi connectivity index (χ2n) is 6.46. The van der Waals surface area contributed by atoms with Gasteiger partial charge in [-0.25, -0.2) is 4.79 Å². The summed E-state index contributed by atoms with van der Waals surface area (Å²) >= 11 is 0. The van der Waals surface area contributed by atoms with Gasteiger partial charge >= 0.3 is 6.09 Å². The molecule has 1 aromatic carbocycles. The Kier molecular flexibility index (Phi) is 4.59. The van der Waals surface area contributed by atoms with E-state index in [2.05, 4.69) is 5.16 Å². The van der Waals surface area contributed by atoms with Crippen LogP contribution in [0.25, 0.3) is 0 Å². The number of carbonyl (C=O) groups is 1. The fourth-order valence-corrected chi connectivity index (χ4v) is 2.30. The Morgan fingerprint density at radius 2 is 1.95 bits per heavy atom. The molecule has 0 radical (unpaired) electrons. The van der Waals surface area contributed by atoms with Crippen LogP contribution in [0.3, 0.4) is 0 Å². The van der Waals surface area contributed by atoms with Crippen molar-refractivity contribution >= 4 is 11.9 Å². The van der Waals surface area contributed by atoms with Crippen LogP contribution in [0.5, 0.6) is 0 Å². The maximum atomic E-state index is 12.6. The zero-order valence-corrected chi connectivity index (χ0v) is 13.2. The summed E-state index contributed by atoms with van der Waals surface area (Å²) in [6.45, 7) is 5.45. The fourth-order valence-electron chi connectivity index (χ4n) is 2.30. The first kappa shape index (κ1) is 16.1. The quantitative estimate of drug-likeness (QED) is 0.387. The summed E-state index contributed by atoms with van der Waals surface area (Å²) < 4.78 is 5.49. The van der Waals surface area contributed by atoms with E-state index >= 15 is 0 Å². The van der Waals surface area contributed by atoms with Gasteiger partial charge in [-0.2, -0.15) is 0 Å². The van der Waals surface area contributed by atoms with Gasteiger partial charge in [0.25, 0.3) is 0 Å². The topological polar surface area (TPSA) is 88.2 Å². The van der Waals surface area contributed by atoms with Crippen LogP contribution in [-0.2, 0) is 4.74 Å². The lowest BCUT2D eigenvalue weighted by molar-refractivity contribution is 0.0190. The molecule has 1 saturated carbocycles. The van der Waals surface area contributed by atoms with Crippen LogP contribution in [-0.4, -0.2) is 33.7 Å².